The molecule has 1 aromatic heterocycles. The van der Waals surface area contributed by atoms with Crippen molar-refractivity contribution in [1.29, 1.82) is 0 Å². The summed E-state index contributed by atoms with van der Waals surface area (Å²) in [5.41, 5.74) is 1.10. The van der Waals surface area contributed by atoms with Gasteiger partial charge in [-0.3, -0.25) is 0 Å². The zero-order valence-electron chi connectivity index (χ0n) is 12.3. The van der Waals surface area contributed by atoms with E-state index in [0.29, 0.717) is 12.0 Å². The molecule has 2 nitrogen and oxygen atoms in total. The van der Waals surface area contributed by atoms with Gasteiger partial charge in [0.25, 0.3) is 0 Å². The number of rotatable bonds is 7. The van der Waals surface area contributed by atoms with Gasteiger partial charge in [0, 0.05) is 18.6 Å². The van der Waals surface area contributed by atoms with Crippen molar-refractivity contribution in [2.75, 3.05) is 20.6 Å². The highest BCUT2D eigenvalue weighted by Crippen LogP contribution is 2.34. The van der Waals surface area contributed by atoms with Gasteiger partial charge in [-0.25, -0.2) is 0 Å². The van der Waals surface area contributed by atoms with Crippen LogP contribution in [-0.4, -0.2) is 31.6 Å². The summed E-state index contributed by atoms with van der Waals surface area (Å²) in [5.74, 6) is 0.698. The minimum absolute atomic E-state index is 0.228. The Morgan fingerprint density at radius 2 is 1.89 bits per heavy atom. The van der Waals surface area contributed by atoms with E-state index in [-0.39, 0.29) is 6.04 Å². The first-order valence-electron chi connectivity index (χ1n) is 6.65. The van der Waals surface area contributed by atoms with Crippen molar-refractivity contribution in [2.24, 2.45) is 5.92 Å². The van der Waals surface area contributed by atoms with E-state index in [9.17, 15) is 0 Å². The van der Waals surface area contributed by atoms with Gasteiger partial charge in [0.15, 0.2) is 0 Å². The Balaban J connectivity index is 2.56. The lowest BCUT2D eigenvalue weighted by molar-refractivity contribution is 0.242. The highest BCUT2D eigenvalue weighted by atomic mass is 35.5. The van der Waals surface area contributed by atoms with Crippen LogP contribution in [0.2, 0.25) is 8.67 Å². The van der Waals surface area contributed by atoms with E-state index in [2.05, 4.69) is 45.1 Å². The largest absolute Gasteiger partial charge is 0.309 e. The molecule has 2 atom stereocenters. The van der Waals surface area contributed by atoms with Crippen LogP contribution in [0.3, 0.4) is 0 Å². The van der Waals surface area contributed by atoms with Gasteiger partial charge in [0.05, 0.1) is 8.67 Å². The van der Waals surface area contributed by atoms with Crippen LogP contribution >= 0.6 is 34.5 Å². The van der Waals surface area contributed by atoms with Gasteiger partial charge < -0.3 is 10.2 Å². The lowest BCUT2D eigenvalue weighted by Crippen LogP contribution is -2.39. The van der Waals surface area contributed by atoms with Crippen molar-refractivity contribution < 1.29 is 0 Å². The topological polar surface area (TPSA) is 15.3 Å². The summed E-state index contributed by atoms with van der Waals surface area (Å²) in [6.07, 6.45) is 1.19. The lowest BCUT2D eigenvalue weighted by atomic mass is 10.0. The van der Waals surface area contributed by atoms with E-state index in [1.165, 1.54) is 17.8 Å². The van der Waals surface area contributed by atoms with E-state index in [1.54, 1.807) is 0 Å². The average Bonchev–Trinajstić information content (AvgIpc) is 2.62. The molecule has 0 aromatic carbocycles. The molecule has 19 heavy (non-hydrogen) atoms. The first-order chi connectivity index (χ1) is 8.81. The van der Waals surface area contributed by atoms with Gasteiger partial charge in [-0.1, -0.05) is 37.0 Å². The zero-order chi connectivity index (χ0) is 14.6. The Labute approximate surface area is 131 Å². The monoisotopic (exact) mass is 322 g/mol. The molecule has 0 saturated carbocycles. The van der Waals surface area contributed by atoms with Crippen molar-refractivity contribution in [1.82, 2.24) is 10.2 Å². The third-order valence-corrected chi connectivity index (χ3v) is 4.80. The fourth-order valence-electron chi connectivity index (χ4n) is 2.09. The maximum atomic E-state index is 6.19. The minimum atomic E-state index is 0.228. The van der Waals surface area contributed by atoms with Crippen LogP contribution in [-0.2, 0) is 0 Å². The molecule has 0 amide bonds. The number of likely N-dealkylation sites (N-methyl/N-ethyl adjacent to an activating group) is 1. The number of nitrogens with one attached hydrogen (secondary N) is 1. The predicted molar refractivity (Wildman–Crippen MR) is 87.7 cm³/mol. The maximum Gasteiger partial charge on any atom is 0.0991 e. The Kier molecular flexibility index (Phi) is 7.12. The highest BCUT2D eigenvalue weighted by Gasteiger charge is 2.17. The second-order valence-corrected chi connectivity index (χ2v) is 7.94. The fraction of sp³-hybridized carbons (Fsp3) is 0.714. The standard InChI is InChI=1S/C14H24Cl2N2S/c1-9(2)6-11(18(4)5)8-17-10(3)12-7-13(15)19-14(12)16/h7,9-11,17H,6,8H2,1-5H3. The molecular formula is C14H24Cl2N2S. The second-order valence-electron chi connectivity index (χ2n) is 5.66. The van der Waals surface area contributed by atoms with Crippen molar-refractivity contribution in [3.63, 3.8) is 0 Å². The van der Waals surface area contributed by atoms with Crippen molar-refractivity contribution in [2.45, 2.75) is 39.3 Å². The van der Waals surface area contributed by atoms with Crippen molar-refractivity contribution in [3.8, 4) is 0 Å². The third kappa shape index (κ3) is 5.60. The van der Waals surface area contributed by atoms with E-state index >= 15 is 0 Å². The van der Waals surface area contributed by atoms with Crippen LogP contribution in [0.5, 0.6) is 0 Å². The summed E-state index contributed by atoms with van der Waals surface area (Å²) >= 11 is 13.6. The molecule has 0 bridgehead atoms. The van der Waals surface area contributed by atoms with Crippen molar-refractivity contribution >= 4 is 34.5 Å². The molecule has 0 spiro atoms. The highest BCUT2D eigenvalue weighted by molar-refractivity contribution is 7.20. The molecule has 1 heterocycles. The zero-order valence-corrected chi connectivity index (χ0v) is 14.7. The summed E-state index contributed by atoms with van der Waals surface area (Å²) < 4.78 is 1.54. The molecular weight excluding hydrogens is 299 g/mol. The maximum absolute atomic E-state index is 6.19. The van der Waals surface area contributed by atoms with Gasteiger partial charge in [-0.05, 0) is 45.0 Å². The molecule has 110 valence electrons. The third-order valence-electron chi connectivity index (χ3n) is 3.28. The minimum Gasteiger partial charge on any atom is -0.309 e. The Bertz CT molecular complexity index is 391. The number of thiophene rings is 1. The molecule has 1 aromatic rings. The number of hydrogen-bond acceptors (Lipinski definition) is 3. The first-order valence-corrected chi connectivity index (χ1v) is 8.23. The van der Waals surface area contributed by atoms with Crippen LogP contribution < -0.4 is 5.32 Å². The summed E-state index contributed by atoms with van der Waals surface area (Å²) in [7, 11) is 4.27. The SMILES string of the molecule is CC(C)CC(CNC(C)c1cc(Cl)sc1Cl)N(C)C. The first kappa shape index (κ1) is 17.3. The molecule has 0 aliphatic heterocycles. The van der Waals surface area contributed by atoms with Gasteiger partial charge >= 0.3 is 0 Å². The van der Waals surface area contributed by atoms with Crippen LogP contribution in [0.15, 0.2) is 6.07 Å². The van der Waals surface area contributed by atoms with Crippen LogP contribution in [0.4, 0.5) is 0 Å². The fourth-order valence-corrected chi connectivity index (χ4v) is 3.74. The van der Waals surface area contributed by atoms with Crippen LogP contribution in [0.1, 0.15) is 38.8 Å². The van der Waals surface area contributed by atoms with Crippen LogP contribution in [0.25, 0.3) is 0 Å². The summed E-state index contributed by atoms with van der Waals surface area (Å²) in [5, 5.41) is 3.56. The Hall–Kier alpha value is 0.200. The smallest absolute Gasteiger partial charge is 0.0991 e. The van der Waals surface area contributed by atoms with Crippen molar-refractivity contribution in [3.05, 3.63) is 20.3 Å². The molecule has 2 unspecified atom stereocenters. The molecule has 1 N–H and O–H groups in total. The van der Waals surface area contributed by atoms with E-state index < -0.39 is 0 Å². The molecule has 0 saturated heterocycles. The van der Waals surface area contributed by atoms with Gasteiger partial charge in [-0.2, -0.15) is 0 Å². The van der Waals surface area contributed by atoms with Gasteiger partial charge in [0.1, 0.15) is 0 Å². The number of nitrogens with zero attached hydrogens (tertiary/aromatic N) is 1. The average molecular weight is 323 g/mol. The van der Waals surface area contributed by atoms with E-state index in [4.69, 9.17) is 23.2 Å². The Morgan fingerprint density at radius 1 is 1.26 bits per heavy atom. The van der Waals surface area contributed by atoms with E-state index in [0.717, 1.165) is 20.8 Å². The molecule has 0 aliphatic carbocycles. The van der Waals surface area contributed by atoms with E-state index in [1.807, 2.05) is 6.07 Å². The Morgan fingerprint density at radius 3 is 2.32 bits per heavy atom. The molecule has 0 fully saturated rings. The lowest BCUT2D eigenvalue weighted by Gasteiger charge is -2.28. The van der Waals surface area contributed by atoms with Gasteiger partial charge in [0.2, 0.25) is 0 Å². The normalized spacial score (nSPS) is 15.2. The quantitative estimate of drug-likeness (QED) is 0.783. The summed E-state index contributed by atoms with van der Waals surface area (Å²) in [6.45, 7) is 7.60. The number of hydrogen-bond donors (Lipinski definition) is 1. The van der Waals surface area contributed by atoms with Gasteiger partial charge in [-0.15, -0.1) is 11.3 Å². The number of halogens is 2. The van der Waals surface area contributed by atoms with Crippen LogP contribution in [0, 0.1) is 5.92 Å². The molecule has 1 rings (SSSR count). The predicted octanol–water partition coefficient (Wildman–Crippen LogP) is 4.68. The summed E-state index contributed by atoms with van der Waals surface area (Å²) in [6, 6.07) is 2.72. The molecule has 0 radical (unpaired) electrons. The molecule has 5 heteroatoms. The molecule has 0 aliphatic rings. The summed E-state index contributed by atoms with van der Waals surface area (Å²) in [4.78, 5) is 2.28. The second kappa shape index (κ2) is 7.84.